The monoisotopic (exact) mass is 427 g/mol. The number of hydrogen-bond acceptors (Lipinski definition) is 5. The Balaban J connectivity index is 1.48. The van der Waals surface area contributed by atoms with E-state index >= 15 is 0 Å². The van der Waals surface area contributed by atoms with Gasteiger partial charge in [-0.05, 0) is 47.2 Å². The van der Waals surface area contributed by atoms with Gasteiger partial charge in [0.15, 0.2) is 5.76 Å². The van der Waals surface area contributed by atoms with E-state index < -0.39 is 0 Å². The maximum atomic E-state index is 12.5. The molecule has 7 nitrogen and oxygen atoms in total. The first-order chi connectivity index (χ1) is 15.6. The van der Waals surface area contributed by atoms with Crippen molar-refractivity contribution >= 4 is 28.3 Å². The fraction of sp³-hybridized carbons (Fsp3) is 0.0800. The third kappa shape index (κ3) is 4.37. The van der Waals surface area contributed by atoms with Crippen LogP contribution in [0.3, 0.4) is 0 Å². The summed E-state index contributed by atoms with van der Waals surface area (Å²) in [4.78, 5) is 23.8. The normalized spacial score (nSPS) is 10.5. The summed E-state index contributed by atoms with van der Waals surface area (Å²) < 4.78 is 11.0. The number of aromatic nitrogens is 1. The third-order valence-electron chi connectivity index (χ3n) is 4.95. The van der Waals surface area contributed by atoms with E-state index in [0.29, 0.717) is 28.5 Å². The van der Waals surface area contributed by atoms with E-state index in [1.807, 2.05) is 36.4 Å². The van der Waals surface area contributed by atoms with Crippen LogP contribution in [0.4, 0.5) is 5.69 Å². The van der Waals surface area contributed by atoms with Crippen LogP contribution in [0, 0.1) is 0 Å². The first-order valence-electron chi connectivity index (χ1n) is 9.92. The molecule has 160 valence electrons. The molecule has 4 aromatic rings. The van der Waals surface area contributed by atoms with E-state index in [0.717, 1.165) is 16.3 Å². The second-order valence-electron chi connectivity index (χ2n) is 7.00. The standard InChI is InChI=1S/C25H21N3O4/c1-3-23(29)27-18-11-8-17(9-12-18)25(30)26-15-19-14-21(28-32-19)24-20-7-5-4-6-16(20)10-13-22(24)31-2/h3-14H,1,15H2,2H3,(H,26,30)(H,27,29). The van der Waals surface area contributed by atoms with Crippen molar-refractivity contribution in [2.45, 2.75) is 6.54 Å². The molecular weight excluding hydrogens is 406 g/mol. The van der Waals surface area contributed by atoms with Gasteiger partial charge in [-0.3, -0.25) is 9.59 Å². The average Bonchev–Trinajstić information content (AvgIpc) is 3.30. The van der Waals surface area contributed by atoms with Gasteiger partial charge in [0.25, 0.3) is 5.91 Å². The summed E-state index contributed by atoms with van der Waals surface area (Å²) in [5.41, 5.74) is 2.50. The number of nitrogens with one attached hydrogen (secondary N) is 2. The highest BCUT2D eigenvalue weighted by Crippen LogP contribution is 2.36. The average molecular weight is 427 g/mol. The van der Waals surface area contributed by atoms with Crippen LogP contribution in [-0.2, 0) is 11.3 Å². The van der Waals surface area contributed by atoms with Crippen LogP contribution in [0.15, 0.2) is 83.9 Å². The SMILES string of the molecule is C=CC(=O)Nc1ccc(C(=O)NCc2cc(-c3c(OC)ccc4ccccc34)no2)cc1. The number of ether oxygens (including phenoxy) is 1. The van der Waals surface area contributed by atoms with Gasteiger partial charge in [-0.1, -0.05) is 42.1 Å². The first-order valence-corrected chi connectivity index (χ1v) is 9.92. The molecule has 0 saturated carbocycles. The van der Waals surface area contributed by atoms with Gasteiger partial charge >= 0.3 is 0 Å². The zero-order chi connectivity index (χ0) is 22.5. The van der Waals surface area contributed by atoms with Crippen molar-refractivity contribution < 1.29 is 18.8 Å². The van der Waals surface area contributed by atoms with Crippen molar-refractivity contribution in [3.05, 3.63) is 90.7 Å². The Bertz CT molecular complexity index is 1290. The highest BCUT2D eigenvalue weighted by molar-refractivity contribution is 6.00. The van der Waals surface area contributed by atoms with Crippen molar-refractivity contribution in [1.82, 2.24) is 10.5 Å². The number of rotatable bonds is 7. The van der Waals surface area contributed by atoms with E-state index in [1.54, 1.807) is 37.4 Å². The summed E-state index contributed by atoms with van der Waals surface area (Å²) in [7, 11) is 1.61. The minimum atomic E-state index is -0.314. The summed E-state index contributed by atoms with van der Waals surface area (Å²) in [6.45, 7) is 3.58. The topological polar surface area (TPSA) is 93.5 Å². The lowest BCUT2D eigenvalue weighted by molar-refractivity contribution is -0.111. The molecule has 0 radical (unpaired) electrons. The second kappa shape index (κ2) is 9.18. The number of fused-ring (bicyclic) bond motifs is 1. The van der Waals surface area contributed by atoms with Gasteiger partial charge in [0.2, 0.25) is 5.91 Å². The third-order valence-corrected chi connectivity index (χ3v) is 4.95. The second-order valence-corrected chi connectivity index (χ2v) is 7.00. The van der Waals surface area contributed by atoms with Crippen molar-refractivity contribution in [3.8, 4) is 17.0 Å². The minimum absolute atomic E-state index is 0.174. The van der Waals surface area contributed by atoms with E-state index in [4.69, 9.17) is 9.26 Å². The lowest BCUT2D eigenvalue weighted by Crippen LogP contribution is -2.22. The van der Waals surface area contributed by atoms with E-state index in [-0.39, 0.29) is 18.4 Å². The molecule has 0 aliphatic heterocycles. The van der Waals surface area contributed by atoms with Crippen molar-refractivity contribution in [2.75, 3.05) is 12.4 Å². The Labute approximate surface area is 184 Å². The van der Waals surface area contributed by atoms with E-state index in [1.165, 1.54) is 6.08 Å². The molecular formula is C25H21N3O4. The quantitative estimate of drug-likeness (QED) is 0.422. The minimum Gasteiger partial charge on any atom is -0.496 e. The molecule has 0 fully saturated rings. The molecule has 2 amide bonds. The Morgan fingerprint density at radius 2 is 1.88 bits per heavy atom. The van der Waals surface area contributed by atoms with Gasteiger partial charge in [-0.25, -0.2) is 0 Å². The summed E-state index contributed by atoms with van der Waals surface area (Å²) in [6.07, 6.45) is 1.18. The molecule has 3 aromatic carbocycles. The molecule has 0 aliphatic carbocycles. The van der Waals surface area contributed by atoms with Crippen LogP contribution in [0.25, 0.3) is 22.0 Å². The summed E-state index contributed by atoms with van der Waals surface area (Å²) in [6, 6.07) is 20.2. The van der Waals surface area contributed by atoms with E-state index in [2.05, 4.69) is 22.4 Å². The lowest BCUT2D eigenvalue weighted by atomic mass is 10.0. The molecule has 32 heavy (non-hydrogen) atoms. The summed E-state index contributed by atoms with van der Waals surface area (Å²) >= 11 is 0. The van der Waals surface area contributed by atoms with E-state index in [9.17, 15) is 9.59 Å². The number of nitrogens with zero attached hydrogens (tertiary/aromatic N) is 1. The zero-order valence-electron chi connectivity index (χ0n) is 17.4. The van der Waals surface area contributed by atoms with Crippen LogP contribution in [0.2, 0.25) is 0 Å². The maximum absolute atomic E-state index is 12.5. The van der Waals surface area contributed by atoms with Gasteiger partial charge in [0.1, 0.15) is 11.4 Å². The Morgan fingerprint density at radius 3 is 2.62 bits per heavy atom. The van der Waals surface area contributed by atoms with Crippen molar-refractivity contribution in [1.29, 1.82) is 0 Å². The van der Waals surface area contributed by atoms with Crippen LogP contribution < -0.4 is 15.4 Å². The van der Waals surface area contributed by atoms with Gasteiger partial charge in [-0.15, -0.1) is 0 Å². The van der Waals surface area contributed by atoms with Crippen LogP contribution in [-0.4, -0.2) is 24.1 Å². The molecule has 1 heterocycles. The molecule has 4 rings (SSSR count). The molecule has 0 saturated heterocycles. The van der Waals surface area contributed by atoms with Gasteiger partial charge in [0.05, 0.1) is 19.2 Å². The Morgan fingerprint density at radius 1 is 1.09 bits per heavy atom. The fourth-order valence-electron chi connectivity index (χ4n) is 3.37. The summed E-state index contributed by atoms with van der Waals surface area (Å²) in [5, 5.41) is 11.7. The molecule has 2 N–H and O–H groups in total. The van der Waals surface area contributed by atoms with Gasteiger partial charge in [-0.2, -0.15) is 0 Å². The molecule has 0 bridgehead atoms. The highest BCUT2D eigenvalue weighted by Gasteiger charge is 2.16. The smallest absolute Gasteiger partial charge is 0.251 e. The van der Waals surface area contributed by atoms with Crippen molar-refractivity contribution in [3.63, 3.8) is 0 Å². The lowest BCUT2D eigenvalue weighted by Gasteiger charge is -2.09. The Hall–Kier alpha value is -4.39. The number of carbonyl (C=O) groups is 2. The first kappa shape index (κ1) is 20.9. The number of amides is 2. The predicted molar refractivity (Wildman–Crippen MR) is 122 cm³/mol. The van der Waals surface area contributed by atoms with Gasteiger partial charge < -0.3 is 19.9 Å². The maximum Gasteiger partial charge on any atom is 0.251 e. The summed E-state index contributed by atoms with van der Waals surface area (Å²) in [5.74, 6) is 0.618. The molecule has 0 spiro atoms. The molecule has 0 atom stereocenters. The Kier molecular flexibility index (Phi) is 5.98. The highest BCUT2D eigenvalue weighted by atomic mass is 16.5. The number of carbonyl (C=O) groups excluding carboxylic acids is 2. The molecule has 0 aliphatic rings. The number of anilines is 1. The largest absolute Gasteiger partial charge is 0.496 e. The van der Waals surface area contributed by atoms with Gasteiger partial charge in [0, 0.05) is 17.3 Å². The number of hydrogen-bond donors (Lipinski definition) is 2. The molecule has 7 heteroatoms. The fourth-order valence-corrected chi connectivity index (χ4v) is 3.37. The van der Waals surface area contributed by atoms with Crippen LogP contribution in [0.5, 0.6) is 5.75 Å². The van der Waals surface area contributed by atoms with Crippen LogP contribution >= 0.6 is 0 Å². The number of benzene rings is 3. The molecule has 1 aromatic heterocycles. The van der Waals surface area contributed by atoms with Crippen molar-refractivity contribution in [2.24, 2.45) is 0 Å². The molecule has 0 unspecified atom stereocenters. The predicted octanol–water partition coefficient (Wildman–Crippen LogP) is 4.56. The number of methoxy groups -OCH3 is 1. The van der Waals surface area contributed by atoms with Crippen LogP contribution in [0.1, 0.15) is 16.1 Å². The zero-order valence-corrected chi connectivity index (χ0v) is 17.4.